The molecule has 0 aromatic carbocycles. The molecule has 0 bridgehead atoms. The number of nitrogens with one attached hydrogen (secondary N) is 1. The van der Waals surface area contributed by atoms with E-state index < -0.39 is 5.76 Å². The van der Waals surface area contributed by atoms with E-state index in [9.17, 15) is 4.79 Å². The van der Waals surface area contributed by atoms with Crippen molar-refractivity contribution >= 4 is 11.3 Å². The molecule has 0 aliphatic carbocycles. The number of aromatic nitrogens is 3. The third kappa shape index (κ3) is 1.16. The summed E-state index contributed by atoms with van der Waals surface area (Å²) in [5, 5.41) is 4.45. The van der Waals surface area contributed by atoms with Gasteiger partial charge in [0.2, 0.25) is 0 Å². The van der Waals surface area contributed by atoms with Crippen LogP contribution in [0.3, 0.4) is 0 Å². The third-order valence-corrected chi connectivity index (χ3v) is 2.21. The fraction of sp³-hybridized carbons (Fsp3) is 0.167. The van der Waals surface area contributed by atoms with Crippen LogP contribution >= 0.6 is 11.3 Å². The Morgan fingerprint density at radius 2 is 2.50 bits per heavy atom. The summed E-state index contributed by atoms with van der Waals surface area (Å²) in [5.41, 5.74) is 0. The van der Waals surface area contributed by atoms with Crippen molar-refractivity contribution in [2.45, 2.75) is 6.92 Å². The van der Waals surface area contributed by atoms with Gasteiger partial charge in [-0.1, -0.05) is 5.16 Å². The van der Waals surface area contributed by atoms with E-state index in [1.165, 1.54) is 11.3 Å². The zero-order chi connectivity index (χ0) is 8.55. The Balaban J connectivity index is 2.50. The van der Waals surface area contributed by atoms with E-state index in [-0.39, 0.29) is 0 Å². The Kier molecular flexibility index (Phi) is 1.54. The molecule has 0 unspecified atom stereocenters. The normalized spacial score (nSPS) is 10.4. The van der Waals surface area contributed by atoms with Crippen LogP contribution < -0.4 is 5.76 Å². The molecule has 0 amide bonds. The molecule has 2 rings (SSSR count). The molecule has 0 fully saturated rings. The average molecular weight is 183 g/mol. The van der Waals surface area contributed by atoms with Crippen LogP contribution in [0.5, 0.6) is 0 Å². The van der Waals surface area contributed by atoms with E-state index >= 15 is 0 Å². The maximum atomic E-state index is 10.6. The summed E-state index contributed by atoms with van der Waals surface area (Å²) in [6.45, 7) is 1.88. The number of aromatic amines is 1. The predicted molar refractivity (Wildman–Crippen MR) is 43.0 cm³/mol. The first-order chi connectivity index (χ1) is 5.75. The van der Waals surface area contributed by atoms with E-state index in [1.807, 2.05) is 6.92 Å². The third-order valence-electron chi connectivity index (χ3n) is 1.29. The van der Waals surface area contributed by atoms with Gasteiger partial charge in [-0.2, -0.15) is 0 Å². The van der Waals surface area contributed by atoms with Gasteiger partial charge in [-0.25, -0.2) is 9.78 Å². The van der Waals surface area contributed by atoms with Gasteiger partial charge in [-0.15, -0.1) is 11.3 Å². The fourth-order valence-electron chi connectivity index (χ4n) is 0.807. The minimum atomic E-state index is -0.545. The van der Waals surface area contributed by atoms with Gasteiger partial charge in [0.25, 0.3) is 0 Å². The highest BCUT2D eigenvalue weighted by atomic mass is 32.1. The first-order valence-corrected chi connectivity index (χ1v) is 4.06. The lowest BCUT2D eigenvalue weighted by Crippen LogP contribution is -1.94. The number of nitrogens with zero attached hydrogens (tertiary/aromatic N) is 2. The second kappa shape index (κ2) is 2.56. The molecular formula is C6H5N3O2S. The molecular weight excluding hydrogens is 178 g/mol. The number of hydrogen-bond donors (Lipinski definition) is 1. The van der Waals surface area contributed by atoms with E-state index in [1.54, 1.807) is 6.20 Å². The molecule has 2 aromatic rings. The molecule has 6 heteroatoms. The SMILES string of the molecule is Cc1ncc(-c2noc(=O)[nH]2)s1. The van der Waals surface area contributed by atoms with Crippen LogP contribution in [-0.4, -0.2) is 15.1 Å². The first-order valence-electron chi connectivity index (χ1n) is 3.24. The fourth-order valence-corrected chi connectivity index (χ4v) is 1.52. The monoisotopic (exact) mass is 183 g/mol. The maximum Gasteiger partial charge on any atom is 0.439 e. The van der Waals surface area contributed by atoms with Crippen molar-refractivity contribution in [1.82, 2.24) is 15.1 Å². The van der Waals surface area contributed by atoms with E-state index in [2.05, 4.69) is 19.6 Å². The molecule has 12 heavy (non-hydrogen) atoms. The van der Waals surface area contributed by atoms with Crippen molar-refractivity contribution in [2.24, 2.45) is 0 Å². The summed E-state index contributed by atoms with van der Waals surface area (Å²) in [6.07, 6.45) is 1.65. The van der Waals surface area contributed by atoms with Gasteiger partial charge >= 0.3 is 5.76 Å². The van der Waals surface area contributed by atoms with Crippen molar-refractivity contribution in [3.8, 4) is 10.7 Å². The van der Waals surface area contributed by atoms with Crippen molar-refractivity contribution < 1.29 is 4.52 Å². The second-order valence-corrected chi connectivity index (χ2v) is 3.42. The maximum absolute atomic E-state index is 10.6. The summed E-state index contributed by atoms with van der Waals surface area (Å²) in [4.78, 5) is 17.8. The highest BCUT2D eigenvalue weighted by Gasteiger charge is 2.06. The van der Waals surface area contributed by atoms with Gasteiger partial charge in [0.05, 0.1) is 9.88 Å². The zero-order valence-corrected chi connectivity index (χ0v) is 7.01. The van der Waals surface area contributed by atoms with Gasteiger partial charge in [-0.3, -0.25) is 9.51 Å². The van der Waals surface area contributed by atoms with E-state index in [4.69, 9.17) is 0 Å². The lowest BCUT2D eigenvalue weighted by atomic mass is 10.5. The van der Waals surface area contributed by atoms with Crippen molar-refractivity contribution in [3.05, 3.63) is 21.8 Å². The Morgan fingerprint density at radius 1 is 1.67 bits per heavy atom. The molecule has 2 heterocycles. The van der Waals surface area contributed by atoms with Crippen LogP contribution in [-0.2, 0) is 0 Å². The Hall–Kier alpha value is -1.43. The average Bonchev–Trinajstić information content (AvgIpc) is 2.58. The minimum absolute atomic E-state index is 0.436. The van der Waals surface area contributed by atoms with Crippen LogP contribution in [0.25, 0.3) is 10.7 Å². The molecule has 0 saturated heterocycles. The lowest BCUT2D eigenvalue weighted by Gasteiger charge is -1.80. The molecule has 1 N–H and O–H groups in total. The largest absolute Gasteiger partial charge is 0.439 e. The summed E-state index contributed by atoms with van der Waals surface area (Å²) >= 11 is 1.45. The second-order valence-electron chi connectivity index (χ2n) is 2.19. The Labute approximate surface area is 71.1 Å². The molecule has 0 aliphatic heterocycles. The molecule has 2 aromatic heterocycles. The van der Waals surface area contributed by atoms with Crippen LogP contribution in [0.1, 0.15) is 5.01 Å². The molecule has 5 nitrogen and oxygen atoms in total. The van der Waals surface area contributed by atoms with Crippen molar-refractivity contribution in [3.63, 3.8) is 0 Å². The number of hydrogen-bond acceptors (Lipinski definition) is 5. The first kappa shape index (κ1) is 7.23. The molecule has 0 saturated carbocycles. The summed E-state index contributed by atoms with van der Waals surface area (Å²) in [6, 6.07) is 0. The van der Waals surface area contributed by atoms with Crippen LogP contribution in [0.15, 0.2) is 15.5 Å². The Morgan fingerprint density at radius 3 is 3.00 bits per heavy atom. The number of rotatable bonds is 1. The molecule has 0 radical (unpaired) electrons. The quantitative estimate of drug-likeness (QED) is 0.709. The molecule has 0 spiro atoms. The molecule has 0 aliphatic rings. The van der Waals surface area contributed by atoms with E-state index in [0.717, 1.165) is 9.88 Å². The standard InChI is InChI=1S/C6H5N3O2S/c1-3-7-2-4(12-3)5-8-6(10)11-9-5/h2H,1H3,(H,8,9,10). The van der Waals surface area contributed by atoms with Gasteiger partial charge in [0.1, 0.15) is 0 Å². The van der Waals surface area contributed by atoms with Crippen molar-refractivity contribution in [1.29, 1.82) is 0 Å². The molecule has 0 atom stereocenters. The van der Waals surface area contributed by atoms with Gasteiger partial charge < -0.3 is 0 Å². The highest BCUT2D eigenvalue weighted by Crippen LogP contribution is 2.20. The molecule has 62 valence electrons. The van der Waals surface area contributed by atoms with Crippen molar-refractivity contribution in [2.75, 3.05) is 0 Å². The number of H-pyrrole nitrogens is 1. The number of thiazole rings is 1. The summed E-state index contributed by atoms with van der Waals surface area (Å²) in [7, 11) is 0. The smallest absolute Gasteiger partial charge is 0.296 e. The van der Waals surface area contributed by atoms with Gasteiger partial charge in [0.15, 0.2) is 5.82 Å². The highest BCUT2D eigenvalue weighted by molar-refractivity contribution is 7.14. The van der Waals surface area contributed by atoms with E-state index in [0.29, 0.717) is 5.82 Å². The zero-order valence-electron chi connectivity index (χ0n) is 6.20. The Bertz CT molecular complexity index is 441. The lowest BCUT2D eigenvalue weighted by molar-refractivity contribution is 0.388. The predicted octanol–water partition coefficient (Wildman–Crippen LogP) is 0.795. The van der Waals surface area contributed by atoms with Gasteiger partial charge in [-0.05, 0) is 6.92 Å². The van der Waals surface area contributed by atoms with Crippen LogP contribution in [0.2, 0.25) is 0 Å². The summed E-state index contributed by atoms with van der Waals surface area (Å²) in [5.74, 6) is -0.110. The van der Waals surface area contributed by atoms with Gasteiger partial charge in [0, 0.05) is 6.20 Å². The van der Waals surface area contributed by atoms with Crippen LogP contribution in [0.4, 0.5) is 0 Å². The van der Waals surface area contributed by atoms with Crippen LogP contribution in [0, 0.1) is 6.92 Å². The topological polar surface area (TPSA) is 71.8 Å². The summed E-state index contributed by atoms with van der Waals surface area (Å²) < 4.78 is 4.35. The minimum Gasteiger partial charge on any atom is -0.296 e. The number of aryl methyl sites for hydroxylation is 1.